The maximum Gasteiger partial charge on any atom is 0.270 e. The molecule has 1 aliphatic heterocycles. The standard InChI is InChI=1S/C12H16N2O3S/c1-9-4-3-5-10(13-9)11(15)14-12(2)6-7-18(16,17)8-12/h3-5H,6-8H2,1-2H3,(H,14,15). The van der Waals surface area contributed by atoms with Gasteiger partial charge in [0.2, 0.25) is 0 Å². The first-order valence-electron chi connectivity index (χ1n) is 5.76. The zero-order valence-electron chi connectivity index (χ0n) is 10.4. The summed E-state index contributed by atoms with van der Waals surface area (Å²) in [6, 6.07) is 5.18. The number of aromatic nitrogens is 1. The highest BCUT2D eigenvalue weighted by Gasteiger charge is 2.39. The van der Waals surface area contributed by atoms with Crippen molar-refractivity contribution >= 4 is 15.7 Å². The highest BCUT2D eigenvalue weighted by atomic mass is 32.2. The molecular formula is C12H16N2O3S. The molecule has 2 rings (SSSR count). The van der Waals surface area contributed by atoms with Crippen LogP contribution in [0, 0.1) is 6.92 Å². The summed E-state index contributed by atoms with van der Waals surface area (Å²) >= 11 is 0. The Hall–Kier alpha value is -1.43. The topological polar surface area (TPSA) is 76.1 Å². The third-order valence-electron chi connectivity index (χ3n) is 3.04. The van der Waals surface area contributed by atoms with Crippen LogP contribution in [-0.2, 0) is 9.84 Å². The SMILES string of the molecule is Cc1cccc(C(=O)NC2(C)CCS(=O)(=O)C2)n1. The maximum atomic E-state index is 12.0. The number of sulfone groups is 1. The average molecular weight is 268 g/mol. The van der Waals surface area contributed by atoms with Gasteiger partial charge in [0.25, 0.3) is 5.91 Å². The van der Waals surface area contributed by atoms with Gasteiger partial charge in [-0.3, -0.25) is 4.79 Å². The molecule has 98 valence electrons. The van der Waals surface area contributed by atoms with Gasteiger partial charge in [-0.05, 0) is 32.4 Å². The van der Waals surface area contributed by atoms with Gasteiger partial charge in [0, 0.05) is 5.69 Å². The molecule has 1 N–H and O–H groups in total. The van der Waals surface area contributed by atoms with Crippen LogP contribution in [0.3, 0.4) is 0 Å². The predicted octanol–water partition coefficient (Wildman–Crippen LogP) is 0.697. The minimum absolute atomic E-state index is 0.00242. The Morgan fingerprint density at radius 3 is 2.72 bits per heavy atom. The minimum Gasteiger partial charge on any atom is -0.344 e. The summed E-state index contributed by atoms with van der Waals surface area (Å²) in [5.74, 6) is -0.193. The lowest BCUT2D eigenvalue weighted by atomic mass is 10.0. The summed E-state index contributed by atoms with van der Waals surface area (Å²) in [4.78, 5) is 16.1. The number of carbonyl (C=O) groups is 1. The molecule has 18 heavy (non-hydrogen) atoms. The van der Waals surface area contributed by atoms with Gasteiger partial charge >= 0.3 is 0 Å². The van der Waals surface area contributed by atoms with E-state index in [9.17, 15) is 13.2 Å². The fourth-order valence-electron chi connectivity index (χ4n) is 2.12. The summed E-state index contributed by atoms with van der Waals surface area (Å²) < 4.78 is 22.9. The number of pyridine rings is 1. The van der Waals surface area contributed by atoms with Crippen LogP contribution in [-0.4, -0.2) is 36.4 Å². The average Bonchev–Trinajstić information content (AvgIpc) is 2.52. The van der Waals surface area contributed by atoms with Crippen LogP contribution in [0.2, 0.25) is 0 Å². The Labute approximate surface area is 107 Å². The number of rotatable bonds is 2. The van der Waals surface area contributed by atoms with Gasteiger partial charge in [-0.25, -0.2) is 13.4 Å². The quantitative estimate of drug-likeness (QED) is 0.856. The lowest BCUT2D eigenvalue weighted by Gasteiger charge is -2.23. The second kappa shape index (κ2) is 4.35. The van der Waals surface area contributed by atoms with Crippen molar-refractivity contribution in [2.45, 2.75) is 25.8 Å². The molecule has 1 atom stereocenters. The van der Waals surface area contributed by atoms with E-state index in [0.717, 1.165) is 5.69 Å². The number of aryl methyl sites for hydroxylation is 1. The molecule has 5 nitrogen and oxygen atoms in total. The summed E-state index contributed by atoms with van der Waals surface area (Å²) in [7, 11) is -3.03. The Kier molecular flexibility index (Phi) is 3.14. The molecule has 1 amide bonds. The highest BCUT2D eigenvalue weighted by molar-refractivity contribution is 7.91. The first-order chi connectivity index (χ1) is 8.30. The van der Waals surface area contributed by atoms with E-state index in [2.05, 4.69) is 10.3 Å². The molecule has 1 saturated heterocycles. The Morgan fingerprint density at radius 1 is 1.44 bits per heavy atom. The summed E-state index contributed by atoms with van der Waals surface area (Å²) in [5.41, 5.74) is 0.397. The zero-order valence-corrected chi connectivity index (χ0v) is 11.3. The van der Waals surface area contributed by atoms with E-state index in [1.54, 1.807) is 32.0 Å². The second-order valence-corrected chi connectivity index (χ2v) is 7.21. The molecule has 1 fully saturated rings. The summed E-state index contributed by atoms with van der Waals surface area (Å²) in [6.07, 6.45) is 0.451. The van der Waals surface area contributed by atoms with Gasteiger partial charge in [0.05, 0.1) is 17.0 Å². The minimum atomic E-state index is -3.03. The van der Waals surface area contributed by atoms with Crippen molar-refractivity contribution in [3.8, 4) is 0 Å². The Balaban J connectivity index is 2.13. The molecule has 1 aromatic heterocycles. The number of nitrogens with zero attached hydrogens (tertiary/aromatic N) is 1. The molecular weight excluding hydrogens is 252 g/mol. The van der Waals surface area contributed by atoms with Crippen molar-refractivity contribution in [1.29, 1.82) is 0 Å². The van der Waals surface area contributed by atoms with Crippen molar-refractivity contribution in [3.05, 3.63) is 29.6 Å². The largest absolute Gasteiger partial charge is 0.344 e. The molecule has 0 saturated carbocycles. The van der Waals surface area contributed by atoms with Crippen molar-refractivity contribution in [1.82, 2.24) is 10.3 Å². The van der Waals surface area contributed by atoms with E-state index in [4.69, 9.17) is 0 Å². The number of hydrogen-bond acceptors (Lipinski definition) is 4. The van der Waals surface area contributed by atoms with E-state index in [-0.39, 0.29) is 17.4 Å². The number of amides is 1. The summed E-state index contributed by atoms with van der Waals surface area (Å²) in [5, 5.41) is 2.77. The lowest BCUT2D eigenvalue weighted by molar-refractivity contribution is 0.0910. The van der Waals surface area contributed by atoms with Crippen LogP contribution < -0.4 is 5.32 Å². The van der Waals surface area contributed by atoms with Crippen LogP contribution >= 0.6 is 0 Å². The van der Waals surface area contributed by atoms with Crippen LogP contribution in [0.25, 0.3) is 0 Å². The number of nitrogens with one attached hydrogen (secondary N) is 1. The molecule has 0 aromatic carbocycles. The third-order valence-corrected chi connectivity index (χ3v) is 4.94. The smallest absolute Gasteiger partial charge is 0.270 e. The highest BCUT2D eigenvalue weighted by Crippen LogP contribution is 2.23. The molecule has 0 bridgehead atoms. The van der Waals surface area contributed by atoms with E-state index < -0.39 is 15.4 Å². The predicted molar refractivity (Wildman–Crippen MR) is 68.1 cm³/mol. The molecule has 0 spiro atoms. The van der Waals surface area contributed by atoms with E-state index in [0.29, 0.717) is 12.1 Å². The van der Waals surface area contributed by atoms with Gasteiger partial charge in [-0.15, -0.1) is 0 Å². The van der Waals surface area contributed by atoms with Crippen LogP contribution in [0.1, 0.15) is 29.5 Å². The fourth-order valence-corrected chi connectivity index (χ4v) is 4.21. The second-order valence-electron chi connectivity index (χ2n) is 5.02. The number of hydrogen-bond donors (Lipinski definition) is 1. The van der Waals surface area contributed by atoms with Crippen LogP contribution in [0.5, 0.6) is 0 Å². The van der Waals surface area contributed by atoms with Crippen molar-refractivity contribution in [3.63, 3.8) is 0 Å². The van der Waals surface area contributed by atoms with Gasteiger partial charge in [0.1, 0.15) is 5.69 Å². The van der Waals surface area contributed by atoms with Gasteiger partial charge < -0.3 is 5.32 Å². The van der Waals surface area contributed by atoms with Crippen LogP contribution in [0.15, 0.2) is 18.2 Å². The molecule has 2 heterocycles. The molecule has 1 aliphatic rings. The summed E-state index contributed by atoms with van der Waals surface area (Å²) in [6.45, 7) is 3.56. The maximum absolute atomic E-state index is 12.0. The van der Waals surface area contributed by atoms with Crippen molar-refractivity contribution < 1.29 is 13.2 Å². The molecule has 1 unspecified atom stereocenters. The van der Waals surface area contributed by atoms with Gasteiger partial charge in [0.15, 0.2) is 9.84 Å². The van der Waals surface area contributed by atoms with E-state index >= 15 is 0 Å². The lowest BCUT2D eigenvalue weighted by Crippen LogP contribution is -2.47. The van der Waals surface area contributed by atoms with Crippen molar-refractivity contribution in [2.75, 3.05) is 11.5 Å². The van der Waals surface area contributed by atoms with Gasteiger partial charge in [-0.2, -0.15) is 0 Å². The molecule has 6 heteroatoms. The first kappa shape index (κ1) is 13.0. The van der Waals surface area contributed by atoms with Crippen LogP contribution in [0.4, 0.5) is 0 Å². The molecule has 1 aromatic rings. The Bertz CT molecular complexity index is 583. The van der Waals surface area contributed by atoms with Gasteiger partial charge in [-0.1, -0.05) is 6.07 Å². The molecule has 0 radical (unpaired) electrons. The van der Waals surface area contributed by atoms with E-state index in [1.807, 2.05) is 0 Å². The normalized spacial score (nSPS) is 25.9. The first-order valence-corrected chi connectivity index (χ1v) is 7.58. The third kappa shape index (κ3) is 2.87. The molecule has 0 aliphatic carbocycles. The Morgan fingerprint density at radius 2 is 2.17 bits per heavy atom. The fraction of sp³-hybridized carbons (Fsp3) is 0.500. The van der Waals surface area contributed by atoms with E-state index in [1.165, 1.54) is 0 Å². The monoisotopic (exact) mass is 268 g/mol. The van der Waals surface area contributed by atoms with Crippen molar-refractivity contribution in [2.24, 2.45) is 0 Å². The zero-order chi connectivity index (χ0) is 13.4. The number of carbonyl (C=O) groups excluding carboxylic acids is 1.